The molecule has 0 aliphatic carbocycles. The van der Waals surface area contributed by atoms with Crippen LogP contribution in [0, 0.1) is 6.92 Å². The Morgan fingerprint density at radius 3 is 2.73 bits per heavy atom. The van der Waals surface area contributed by atoms with Crippen LogP contribution in [0.1, 0.15) is 30.0 Å². The topological polar surface area (TPSA) is 64.5 Å². The van der Waals surface area contributed by atoms with Crippen molar-refractivity contribution in [2.75, 3.05) is 20.3 Å². The number of hydrogen-bond donors (Lipinski definition) is 1. The Morgan fingerprint density at radius 1 is 1.19 bits per heavy atom. The summed E-state index contributed by atoms with van der Waals surface area (Å²) in [5.41, 5.74) is 4.55. The highest BCUT2D eigenvalue weighted by Gasteiger charge is 2.27. The van der Waals surface area contributed by atoms with E-state index in [0.717, 1.165) is 51.9 Å². The standard InChI is InChI=1S/C21H22N2O3/c1-13-12-15(6-9-22-13)18-19(14-7-10-26-11-8-14)21(24)23-16-4-3-5-17(25-2)20(16)18/h3-6,9,12,14H,7-8,10-11H2,1-2H3,(H,23,24). The minimum absolute atomic E-state index is 0.0992. The number of aryl methyl sites for hydroxylation is 1. The molecule has 0 spiro atoms. The van der Waals surface area contributed by atoms with Gasteiger partial charge in [-0.25, -0.2) is 4.98 Å². The van der Waals surface area contributed by atoms with Crippen LogP contribution in [0.3, 0.4) is 0 Å². The highest BCUT2D eigenvalue weighted by molar-refractivity contribution is 6.01. The molecule has 0 atom stereocenters. The molecule has 26 heavy (non-hydrogen) atoms. The van der Waals surface area contributed by atoms with Crippen molar-refractivity contribution < 1.29 is 14.6 Å². The third-order valence-electron chi connectivity index (χ3n) is 5.03. The van der Waals surface area contributed by atoms with Crippen LogP contribution >= 0.6 is 0 Å². The van der Waals surface area contributed by atoms with E-state index < -0.39 is 0 Å². The van der Waals surface area contributed by atoms with Gasteiger partial charge in [-0.1, -0.05) is 6.07 Å². The molecule has 0 bridgehead atoms. The van der Waals surface area contributed by atoms with Crippen molar-refractivity contribution in [3.8, 4) is 22.8 Å². The summed E-state index contributed by atoms with van der Waals surface area (Å²) in [6.07, 6.45) is 3.54. The van der Waals surface area contributed by atoms with Crippen molar-refractivity contribution >= 4 is 10.9 Å². The number of pyridine rings is 2. The smallest absolute Gasteiger partial charge is 0.215 e. The number of ether oxygens (including phenoxy) is 2. The first-order valence-electron chi connectivity index (χ1n) is 8.89. The maximum atomic E-state index is 10.8. The summed E-state index contributed by atoms with van der Waals surface area (Å²) >= 11 is 0. The molecule has 5 heteroatoms. The highest BCUT2D eigenvalue weighted by atomic mass is 16.5. The normalized spacial score (nSPS) is 15.3. The van der Waals surface area contributed by atoms with Crippen molar-refractivity contribution in [3.63, 3.8) is 0 Å². The predicted octanol–water partition coefficient (Wildman–Crippen LogP) is 4.21. The summed E-state index contributed by atoms with van der Waals surface area (Å²) in [7, 11) is 1.66. The second-order valence-electron chi connectivity index (χ2n) is 6.65. The Bertz CT molecular complexity index is 949. The van der Waals surface area contributed by atoms with Gasteiger partial charge in [0.25, 0.3) is 0 Å². The van der Waals surface area contributed by atoms with E-state index in [9.17, 15) is 5.11 Å². The molecule has 0 unspecified atom stereocenters. The Balaban J connectivity index is 2.08. The van der Waals surface area contributed by atoms with Crippen molar-refractivity contribution in [3.05, 3.63) is 47.8 Å². The predicted molar refractivity (Wildman–Crippen MR) is 101 cm³/mol. The molecule has 0 saturated carbocycles. The number of aromatic hydroxyl groups is 1. The SMILES string of the molecule is COc1cccc2nc(O)c(C3CCOCC3)c(-c3ccnc(C)c3)c12. The average Bonchev–Trinajstić information content (AvgIpc) is 2.67. The summed E-state index contributed by atoms with van der Waals surface area (Å²) in [6, 6.07) is 9.76. The monoisotopic (exact) mass is 350 g/mol. The van der Waals surface area contributed by atoms with Gasteiger partial charge in [-0.05, 0) is 55.5 Å². The van der Waals surface area contributed by atoms with E-state index in [1.807, 2.05) is 37.3 Å². The molecule has 0 amide bonds. The molecule has 5 nitrogen and oxygen atoms in total. The van der Waals surface area contributed by atoms with E-state index in [4.69, 9.17) is 9.47 Å². The maximum absolute atomic E-state index is 10.8. The largest absolute Gasteiger partial charge is 0.496 e. The summed E-state index contributed by atoms with van der Waals surface area (Å²) in [5.74, 6) is 1.06. The molecule has 3 aromatic rings. The Labute approximate surface area is 152 Å². The summed E-state index contributed by atoms with van der Waals surface area (Å²) in [5, 5.41) is 11.8. The lowest BCUT2D eigenvalue weighted by Crippen LogP contribution is -2.15. The van der Waals surface area contributed by atoms with Crippen LogP contribution in [0.15, 0.2) is 36.5 Å². The number of nitrogens with zero attached hydrogens (tertiary/aromatic N) is 2. The molecular weight excluding hydrogens is 328 g/mol. The van der Waals surface area contributed by atoms with Crippen LogP contribution < -0.4 is 4.74 Å². The minimum atomic E-state index is 0.0992. The van der Waals surface area contributed by atoms with Gasteiger partial charge in [0.2, 0.25) is 5.88 Å². The fraction of sp³-hybridized carbons (Fsp3) is 0.333. The van der Waals surface area contributed by atoms with Gasteiger partial charge in [0.1, 0.15) is 5.75 Å². The Hall–Kier alpha value is -2.66. The number of rotatable bonds is 3. The second-order valence-corrected chi connectivity index (χ2v) is 6.65. The van der Waals surface area contributed by atoms with Crippen molar-refractivity contribution in [1.82, 2.24) is 9.97 Å². The lowest BCUT2D eigenvalue weighted by Gasteiger charge is -2.26. The number of methoxy groups -OCH3 is 1. The third kappa shape index (κ3) is 2.88. The van der Waals surface area contributed by atoms with Gasteiger partial charge in [-0.3, -0.25) is 4.98 Å². The van der Waals surface area contributed by atoms with E-state index >= 15 is 0 Å². The summed E-state index contributed by atoms with van der Waals surface area (Å²) < 4.78 is 11.2. The van der Waals surface area contributed by atoms with Crippen LogP contribution in [-0.2, 0) is 4.74 Å². The van der Waals surface area contributed by atoms with Crippen LogP contribution in [0.5, 0.6) is 11.6 Å². The first-order valence-corrected chi connectivity index (χ1v) is 8.89. The molecule has 134 valence electrons. The molecule has 2 aromatic heterocycles. The van der Waals surface area contributed by atoms with E-state index in [-0.39, 0.29) is 11.8 Å². The summed E-state index contributed by atoms with van der Waals surface area (Å²) in [6.45, 7) is 3.36. The molecule has 1 N–H and O–H groups in total. The quantitative estimate of drug-likeness (QED) is 0.766. The minimum Gasteiger partial charge on any atom is -0.496 e. The van der Waals surface area contributed by atoms with Crippen LogP contribution in [0.25, 0.3) is 22.0 Å². The second kappa shape index (κ2) is 6.92. The molecule has 0 radical (unpaired) electrons. The third-order valence-corrected chi connectivity index (χ3v) is 5.03. The van der Waals surface area contributed by atoms with E-state index in [0.29, 0.717) is 13.2 Å². The lowest BCUT2D eigenvalue weighted by atomic mass is 9.84. The molecule has 4 rings (SSSR count). The van der Waals surface area contributed by atoms with Crippen LogP contribution in [-0.4, -0.2) is 35.4 Å². The average molecular weight is 350 g/mol. The lowest BCUT2D eigenvalue weighted by molar-refractivity contribution is 0.0848. The zero-order valence-corrected chi connectivity index (χ0v) is 15.0. The fourth-order valence-electron chi connectivity index (χ4n) is 3.83. The summed E-state index contributed by atoms with van der Waals surface area (Å²) in [4.78, 5) is 8.81. The number of benzene rings is 1. The van der Waals surface area contributed by atoms with Gasteiger partial charge in [0.05, 0.1) is 18.0 Å². The maximum Gasteiger partial charge on any atom is 0.215 e. The Kier molecular flexibility index (Phi) is 4.47. The van der Waals surface area contributed by atoms with E-state index in [1.54, 1.807) is 13.3 Å². The van der Waals surface area contributed by atoms with Crippen molar-refractivity contribution in [2.24, 2.45) is 0 Å². The molecule has 1 aromatic carbocycles. The number of fused-ring (bicyclic) bond motifs is 1. The number of hydrogen-bond acceptors (Lipinski definition) is 5. The van der Waals surface area contributed by atoms with Crippen molar-refractivity contribution in [2.45, 2.75) is 25.7 Å². The van der Waals surface area contributed by atoms with Gasteiger partial charge in [-0.15, -0.1) is 0 Å². The molecule has 3 heterocycles. The van der Waals surface area contributed by atoms with Crippen LogP contribution in [0.2, 0.25) is 0 Å². The number of aromatic nitrogens is 2. The van der Waals surface area contributed by atoms with E-state index in [2.05, 4.69) is 9.97 Å². The van der Waals surface area contributed by atoms with Gasteiger partial charge in [-0.2, -0.15) is 0 Å². The molecule has 1 saturated heterocycles. The first kappa shape index (κ1) is 16.8. The highest BCUT2D eigenvalue weighted by Crippen LogP contribution is 2.45. The molecular formula is C21H22N2O3. The van der Waals surface area contributed by atoms with Gasteiger partial charge in [0, 0.05) is 36.2 Å². The fourth-order valence-corrected chi connectivity index (χ4v) is 3.83. The van der Waals surface area contributed by atoms with Crippen molar-refractivity contribution in [1.29, 1.82) is 0 Å². The zero-order chi connectivity index (χ0) is 18.1. The molecule has 1 aliphatic rings. The molecule has 1 fully saturated rings. The van der Waals surface area contributed by atoms with Gasteiger partial charge < -0.3 is 14.6 Å². The molecule has 1 aliphatic heterocycles. The van der Waals surface area contributed by atoms with Gasteiger partial charge >= 0.3 is 0 Å². The first-order chi connectivity index (χ1) is 12.7. The zero-order valence-electron chi connectivity index (χ0n) is 15.0. The van der Waals surface area contributed by atoms with Gasteiger partial charge in [0.15, 0.2) is 0 Å². The Morgan fingerprint density at radius 2 is 2.00 bits per heavy atom. The van der Waals surface area contributed by atoms with Crippen LogP contribution in [0.4, 0.5) is 0 Å². The van der Waals surface area contributed by atoms with E-state index in [1.165, 1.54) is 0 Å².